The Kier molecular flexibility index (Phi) is 5.32. The van der Waals surface area contributed by atoms with Crippen molar-refractivity contribution in [3.8, 4) is 11.3 Å². The highest BCUT2D eigenvalue weighted by Gasteiger charge is 2.15. The Balaban J connectivity index is 1.81. The van der Waals surface area contributed by atoms with Crippen molar-refractivity contribution in [2.24, 2.45) is 0 Å². The van der Waals surface area contributed by atoms with Gasteiger partial charge in [0.1, 0.15) is 0 Å². The zero-order valence-corrected chi connectivity index (χ0v) is 16.0. The van der Waals surface area contributed by atoms with Crippen LogP contribution < -0.4 is 0 Å². The molecule has 6 nitrogen and oxygen atoms in total. The number of nitro benzene ring substituents is 1. The van der Waals surface area contributed by atoms with E-state index >= 15 is 0 Å². The minimum atomic E-state index is -0.371. The van der Waals surface area contributed by atoms with Crippen LogP contribution in [-0.2, 0) is 11.2 Å². The molecule has 0 N–H and O–H groups in total. The van der Waals surface area contributed by atoms with Crippen molar-refractivity contribution in [1.29, 1.82) is 0 Å². The molecule has 0 saturated heterocycles. The van der Waals surface area contributed by atoms with Gasteiger partial charge in [0.15, 0.2) is 0 Å². The van der Waals surface area contributed by atoms with Gasteiger partial charge in [0.05, 0.1) is 28.3 Å². The second-order valence-corrected chi connectivity index (χ2v) is 7.14. The summed E-state index contributed by atoms with van der Waals surface area (Å²) in [5.74, 6) is -0.371. The standard InChI is InChI=1S/C20H18N2O4S/c1-12-9-18(22(24)25)13(2)8-16(12)10-19-21-17(11-27-19)14-4-6-15(7-5-14)20(23)26-3/h4-9,11H,10H2,1-3H3. The lowest BCUT2D eigenvalue weighted by Gasteiger charge is -2.06. The molecular weight excluding hydrogens is 364 g/mol. The van der Waals surface area contributed by atoms with Gasteiger partial charge in [-0.15, -0.1) is 11.3 Å². The molecule has 3 rings (SSSR count). The quantitative estimate of drug-likeness (QED) is 0.362. The van der Waals surface area contributed by atoms with Gasteiger partial charge in [0, 0.05) is 29.0 Å². The first kappa shape index (κ1) is 18.7. The van der Waals surface area contributed by atoms with Crippen LogP contribution in [0.1, 0.15) is 32.1 Å². The number of nitrogens with zero attached hydrogens (tertiary/aromatic N) is 2. The van der Waals surface area contributed by atoms with E-state index < -0.39 is 0 Å². The zero-order chi connectivity index (χ0) is 19.6. The first-order chi connectivity index (χ1) is 12.9. The fraction of sp³-hybridized carbons (Fsp3) is 0.200. The number of aromatic nitrogens is 1. The van der Waals surface area contributed by atoms with Gasteiger partial charge in [-0.05, 0) is 43.2 Å². The predicted molar refractivity (Wildman–Crippen MR) is 104 cm³/mol. The zero-order valence-electron chi connectivity index (χ0n) is 15.2. The first-order valence-corrected chi connectivity index (χ1v) is 9.14. The van der Waals surface area contributed by atoms with Crippen LogP contribution >= 0.6 is 11.3 Å². The van der Waals surface area contributed by atoms with Crippen molar-refractivity contribution >= 4 is 23.0 Å². The Bertz CT molecular complexity index is 1010. The van der Waals surface area contributed by atoms with Gasteiger partial charge in [-0.2, -0.15) is 0 Å². The number of carbonyl (C=O) groups excluding carboxylic acids is 1. The molecule has 0 aliphatic carbocycles. The second kappa shape index (κ2) is 7.67. The summed E-state index contributed by atoms with van der Waals surface area (Å²) in [7, 11) is 1.35. The van der Waals surface area contributed by atoms with Gasteiger partial charge in [0.2, 0.25) is 0 Å². The number of hydrogen-bond acceptors (Lipinski definition) is 6. The topological polar surface area (TPSA) is 82.3 Å². The van der Waals surface area contributed by atoms with E-state index in [0.29, 0.717) is 17.5 Å². The van der Waals surface area contributed by atoms with E-state index in [9.17, 15) is 14.9 Å². The van der Waals surface area contributed by atoms with E-state index in [1.807, 2.05) is 30.5 Å². The van der Waals surface area contributed by atoms with Crippen LogP contribution in [0.3, 0.4) is 0 Å². The maximum atomic E-state index is 11.5. The normalized spacial score (nSPS) is 10.6. The lowest BCUT2D eigenvalue weighted by atomic mass is 10.0. The first-order valence-electron chi connectivity index (χ1n) is 8.26. The maximum absolute atomic E-state index is 11.5. The summed E-state index contributed by atoms with van der Waals surface area (Å²) in [5.41, 5.74) is 4.95. The predicted octanol–water partition coefficient (Wildman–Crippen LogP) is 4.71. The minimum absolute atomic E-state index is 0.141. The Morgan fingerprint density at radius 1 is 1.19 bits per heavy atom. The molecule has 0 radical (unpaired) electrons. The monoisotopic (exact) mass is 382 g/mol. The summed E-state index contributed by atoms with van der Waals surface area (Å²) < 4.78 is 4.70. The molecule has 0 aliphatic rings. The number of esters is 1. The number of ether oxygens (including phenoxy) is 1. The number of rotatable bonds is 5. The third kappa shape index (κ3) is 4.03. The molecule has 0 fully saturated rings. The van der Waals surface area contributed by atoms with Gasteiger partial charge < -0.3 is 4.74 Å². The summed E-state index contributed by atoms with van der Waals surface area (Å²) in [6, 6.07) is 10.6. The summed E-state index contributed by atoms with van der Waals surface area (Å²) in [6.45, 7) is 3.62. The van der Waals surface area contributed by atoms with Gasteiger partial charge in [-0.3, -0.25) is 10.1 Å². The van der Waals surface area contributed by atoms with Crippen LogP contribution in [0.25, 0.3) is 11.3 Å². The molecule has 2 aromatic carbocycles. The number of hydrogen-bond donors (Lipinski definition) is 0. The van der Waals surface area contributed by atoms with Crippen molar-refractivity contribution in [3.05, 3.63) is 79.2 Å². The van der Waals surface area contributed by atoms with Crippen LogP contribution in [0.15, 0.2) is 41.8 Å². The van der Waals surface area contributed by atoms with E-state index in [-0.39, 0.29) is 16.6 Å². The molecule has 0 unspecified atom stereocenters. The largest absolute Gasteiger partial charge is 0.465 e. The van der Waals surface area contributed by atoms with Crippen molar-refractivity contribution in [3.63, 3.8) is 0 Å². The molecule has 0 aliphatic heterocycles. The lowest BCUT2D eigenvalue weighted by Crippen LogP contribution is -2.00. The molecule has 138 valence electrons. The molecule has 0 spiro atoms. The number of thiazole rings is 1. The van der Waals surface area contributed by atoms with Crippen molar-refractivity contribution in [2.45, 2.75) is 20.3 Å². The fourth-order valence-electron chi connectivity index (χ4n) is 2.83. The van der Waals surface area contributed by atoms with E-state index in [1.54, 1.807) is 36.5 Å². The van der Waals surface area contributed by atoms with Crippen LogP contribution in [0, 0.1) is 24.0 Å². The Morgan fingerprint density at radius 3 is 2.52 bits per heavy atom. The second-order valence-electron chi connectivity index (χ2n) is 6.19. The summed E-state index contributed by atoms with van der Waals surface area (Å²) in [5, 5.41) is 14.0. The smallest absolute Gasteiger partial charge is 0.337 e. The number of methoxy groups -OCH3 is 1. The Labute approximate surface area is 160 Å². The third-order valence-electron chi connectivity index (χ3n) is 4.35. The molecule has 3 aromatic rings. The average Bonchev–Trinajstić information content (AvgIpc) is 3.12. The molecule has 0 amide bonds. The lowest BCUT2D eigenvalue weighted by molar-refractivity contribution is -0.385. The van der Waals surface area contributed by atoms with Crippen LogP contribution in [-0.4, -0.2) is 23.0 Å². The van der Waals surface area contributed by atoms with Gasteiger partial charge in [0.25, 0.3) is 5.69 Å². The molecule has 1 heterocycles. The van der Waals surface area contributed by atoms with E-state index in [0.717, 1.165) is 27.4 Å². The molecule has 0 saturated carbocycles. The Morgan fingerprint density at radius 2 is 1.89 bits per heavy atom. The molecule has 7 heteroatoms. The highest BCUT2D eigenvalue weighted by Crippen LogP contribution is 2.27. The SMILES string of the molecule is COC(=O)c1ccc(-c2csc(Cc3cc(C)c([N+](=O)[O-])cc3C)n2)cc1. The minimum Gasteiger partial charge on any atom is -0.465 e. The average molecular weight is 382 g/mol. The van der Waals surface area contributed by atoms with Gasteiger partial charge in [-0.1, -0.05) is 12.1 Å². The summed E-state index contributed by atoms with van der Waals surface area (Å²) >= 11 is 1.54. The highest BCUT2D eigenvalue weighted by atomic mass is 32.1. The van der Waals surface area contributed by atoms with Crippen LogP contribution in [0.2, 0.25) is 0 Å². The fourth-order valence-corrected chi connectivity index (χ4v) is 3.66. The molecule has 0 bridgehead atoms. The van der Waals surface area contributed by atoms with Crippen molar-refractivity contribution < 1.29 is 14.5 Å². The highest BCUT2D eigenvalue weighted by molar-refractivity contribution is 7.10. The van der Waals surface area contributed by atoms with Gasteiger partial charge >= 0.3 is 5.97 Å². The molecule has 27 heavy (non-hydrogen) atoms. The summed E-state index contributed by atoms with van der Waals surface area (Å²) in [6.07, 6.45) is 0.621. The Hall–Kier alpha value is -3.06. The number of carbonyl (C=O) groups is 1. The van der Waals surface area contributed by atoms with E-state index in [2.05, 4.69) is 4.98 Å². The van der Waals surface area contributed by atoms with E-state index in [1.165, 1.54) is 7.11 Å². The number of benzene rings is 2. The molecule has 0 atom stereocenters. The van der Waals surface area contributed by atoms with Crippen molar-refractivity contribution in [2.75, 3.05) is 7.11 Å². The maximum Gasteiger partial charge on any atom is 0.337 e. The van der Waals surface area contributed by atoms with Crippen LogP contribution in [0.5, 0.6) is 0 Å². The third-order valence-corrected chi connectivity index (χ3v) is 5.20. The van der Waals surface area contributed by atoms with E-state index in [4.69, 9.17) is 4.74 Å². The number of aryl methyl sites for hydroxylation is 2. The number of nitro groups is 1. The van der Waals surface area contributed by atoms with Crippen LogP contribution in [0.4, 0.5) is 5.69 Å². The van der Waals surface area contributed by atoms with Crippen molar-refractivity contribution in [1.82, 2.24) is 4.98 Å². The van der Waals surface area contributed by atoms with Gasteiger partial charge in [-0.25, -0.2) is 9.78 Å². The molecule has 1 aromatic heterocycles. The summed E-state index contributed by atoms with van der Waals surface area (Å²) in [4.78, 5) is 26.9. The molecular formula is C20H18N2O4S.